The minimum Gasteiger partial charge on any atom is -0.396 e. The lowest BCUT2D eigenvalue weighted by Crippen LogP contribution is -2.13. The maximum absolute atomic E-state index is 5.76. The fourth-order valence-electron chi connectivity index (χ4n) is 1.40. The molecule has 0 saturated heterocycles. The molecule has 0 unspecified atom stereocenters. The second kappa shape index (κ2) is 5.47. The molecule has 0 aromatic carbocycles. The minimum atomic E-state index is 0.721. The van der Waals surface area contributed by atoms with Crippen molar-refractivity contribution >= 4 is 11.4 Å². The van der Waals surface area contributed by atoms with E-state index in [-0.39, 0.29) is 0 Å². The van der Waals surface area contributed by atoms with Crippen LogP contribution in [0.5, 0.6) is 0 Å². The van der Waals surface area contributed by atoms with Crippen molar-refractivity contribution in [3.8, 4) is 0 Å². The monoisotopic (exact) mass is 193 g/mol. The van der Waals surface area contributed by atoms with Gasteiger partial charge in [0, 0.05) is 12.7 Å². The smallest absolute Gasteiger partial charge is 0.0736 e. The van der Waals surface area contributed by atoms with Crippen molar-refractivity contribution in [1.29, 1.82) is 0 Å². The standard InChI is InChI=1S/C11H19N3/c1-3-9(4-2)7-14-11-5-6-13-8-10(11)12/h5-6,8-9H,3-4,7,12H2,1-2H3,(H,13,14). The number of hydrogen-bond acceptors (Lipinski definition) is 3. The molecule has 0 fully saturated rings. The third-order valence-electron chi connectivity index (χ3n) is 2.59. The minimum absolute atomic E-state index is 0.721. The molecule has 0 spiro atoms. The molecule has 1 rings (SSSR count). The van der Waals surface area contributed by atoms with Crippen LogP contribution < -0.4 is 11.1 Å². The quantitative estimate of drug-likeness (QED) is 0.755. The second-order valence-electron chi connectivity index (χ2n) is 3.53. The van der Waals surface area contributed by atoms with E-state index >= 15 is 0 Å². The van der Waals surface area contributed by atoms with E-state index < -0.39 is 0 Å². The lowest BCUT2D eigenvalue weighted by molar-refractivity contribution is 0.519. The molecule has 0 bridgehead atoms. The van der Waals surface area contributed by atoms with Gasteiger partial charge in [0.1, 0.15) is 0 Å². The van der Waals surface area contributed by atoms with Gasteiger partial charge in [0.15, 0.2) is 0 Å². The molecule has 0 amide bonds. The van der Waals surface area contributed by atoms with Gasteiger partial charge in [0.25, 0.3) is 0 Å². The molecule has 0 atom stereocenters. The number of nitrogens with one attached hydrogen (secondary N) is 1. The maximum atomic E-state index is 5.76. The highest BCUT2D eigenvalue weighted by Gasteiger charge is 2.03. The molecule has 0 aliphatic rings. The molecule has 0 aliphatic carbocycles. The summed E-state index contributed by atoms with van der Waals surface area (Å²) >= 11 is 0. The Morgan fingerprint density at radius 1 is 1.43 bits per heavy atom. The van der Waals surface area contributed by atoms with Crippen LogP contribution in [0.1, 0.15) is 26.7 Å². The first-order valence-electron chi connectivity index (χ1n) is 5.21. The molecular formula is C11H19N3. The van der Waals surface area contributed by atoms with Gasteiger partial charge < -0.3 is 11.1 Å². The normalized spacial score (nSPS) is 10.5. The molecule has 14 heavy (non-hydrogen) atoms. The van der Waals surface area contributed by atoms with Crippen molar-refractivity contribution in [3.63, 3.8) is 0 Å². The third-order valence-corrected chi connectivity index (χ3v) is 2.59. The van der Waals surface area contributed by atoms with E-state index in [0.29, 0.717) is 0 Å². The summed E-state index contributed by atoms with van der Waals surface area (Å²) < 4.78 is 0. The zero-order valence-corrected chi connectivity index (χ0v) is 8.96. The number of nitrogens with zero attached hydrogens (tertiary/aromatic N) is 1. The Labute approximate surface area is 85.7 Å². The van der Waals surface area contributed by atoms with Crippen LogP contribution in [-0.2, 0) is 0 Å². The molecule has 3 heteroatoms. The summed E-state index contributed by atoms with van der Waals surface area (Å²) in [7, 11) is 0. The number of hydrogen-bond donors (Lipinski definition) is 2. The van der Waals surface area contributed by atoms with Gasteiger partial charge in [-0.3, -0.25) is 4.98 Å². The number of aromatic nitrogens is 1. The maximum Gasteiger partial charge on any atom is 0.0736 e. The lowest BCUT2D eigenvalue weighted by Gasteiger charge is -2.15. The highest BCUT2D eigenvalue weighted by atomic mass is 14.9. The predicted molar refractivity (Wildman–Crippen MR) is 61.2 cm³/mol. The van der Waals surface area contributed by atoms with Crippen LogP contribution in [0, 0.1) is 5.92 Å². The fraction of sp³-hybridized carbons (Fsp3) is 0.545. The molecular weight excluding hydrogens is 174 g/mol. The summed E-state index contributed by atoms with van der Waals surface area (Å²) in [6.45, 7) is 5.42. The highest BCUT2D eigenvalue weighted by molar-refractivity contribution is 5.64. The molecule has 0 saturated carbocycles. The molecule has 1 aromatic heterocycles. The summed E-state index contributed by atoms with van der Waals surface area (Å²) in [5.41, 5.74) is 7.48. The third kappa shape index (κ3) is 2.91. The van der Waals surface area contributed by atoms with Crippen LogP contribution in [0.2, 0.25) is 0 Å². The molecule has 0 aliphatic heterocycles. The lowest BCUT2D eigenvalue weighted by atomic mass is 10.0. The van der Waals surface area contributed by atoms with Crippen LogP contribution in [0.4, 0.5) is 11.4 Å². The van der Waals surface area contributed by atoms with Crippen molar-refractivity contribution in [1.82, 2.24) is 4.98 Å². The SMILES string of the molecule is CCC(CC)CNc1ccncc1N. The van der Waals surface area contributed by atoms with Gasteiger partial charge in [-0.1, -0.05) is 26.7 Å². The Kier molecular flexibility index (Phi) is 4.23. The molecule has 1 aromatic rings. The van der Waals surface area contributed by atoms with E-state index in [2.05, 4.69) is 24.1 Å². The van der Waals surface area contributed by atoms with Gasteiger partial charge in [-0.05, 0) is 12.0 Å². The average molecular weight is 193 g/mol. The number of nitrogens with two attached hydrogens (primary N) is 1. The van der Waals surface area contributed by atoms with Crippen LogP contribution >= 0.6 is 0 Å². The fourth-order valence-corrected chi connectivity index (χ4v) is 1.40. The number of pyridine rings is 1. The Bertz CT molecular complexity index is 269. The second-order valence-corrected chi connectivity index (χ2v) is 3.53. The largest absolute Gasteiger partial charge is 0.396 e. The van der Waals surface area contributed by atoms with Crippen LogP contribution in [0.3, 0.4) is 0 Å². The van der Waals surface area contributed by atoms with E-state index in [1.807, 2.05) is 6.07 Å². The predicted octanol–water partition coefficient (Wildman–Crippen LogP) is 2.51. The first-order chi connectivity index (χ1) is 6.77. The molecule has 0 radical (unpaired) electrons. The average Bonchev–Trinajstić information content (AvgIpc) is 2.22. The van der Waals surface area contributed by atoms with E-state index in [9.17, 15) is 0 Å². The van der Waals surface area contributed by atoms with E-state index in [1.54, 1.807) is 12.4 Å². The van der Waals surface area contributed by atoms with Gasteiger partial charge >= 0.3 is 0 Å². The summed E-state index contributed by atoms with van der Waals surface area (Å²) in [6, 6.07) is 1.91. The van der Waals surface area contributed by atoms with E-state index in [1.165, 1.54) is 12.8 Å². The van der Waals surface area contributed by atoms with Gasteiger partial charge in [0.05, 0.1) is 17.6 Å². The summed E-state index contributed by atoms with van der Waals surface area (Å²) in [6.07, 6.45) is 5.84. The Hall–Kier alpha value is -1.25. The molecule has 3 nitrogen and oxygen atoms in total. The van der Waals surface area contributed by atoms with Crippen LogP contribution in [0.15, 0.2) is 18.5 Å². The highest BCUT2D eigenvalue weighted by Crippen LogP contribution is 2.17. The van der Waals surface area contributed by atoms with Crippen molar-refractivity contribution in [2.24, 2.45) is 5.92 Å². The molecule has 1 heterocycles. The van der Waals surface area contributed by atoms with Crippen molar-refractivity contribution in [2.75, 3.05) is 17.6 Å². The van der Waals surface area contributed by atoms with Crippen LogP contribution in [0.25, 0.3) is 0 Å². The van der Waals surface area contributed by atoms with Gasteiger partial charge in [-0.25, -0.2) is 0 Å². The number of rotatable bonds is 5. The first kappa shape index (κ1) is 10.8. The van der Waals surface area contributed by atoms with Crippen molar-refractivity contribution in [2.45, 2.75) is 26.7 Å². The number of nitrogen functional groups attached to an aromatic ring is 1. The Balaban J connectivity index is 2.49. The van der Waals surface area contributed by atoms with Gasteiger partial charge in [-0.2, -0.15) is 0 Å². The summed E-state index contributed by atoms with van der Waals surface area (Å²) in [5, 5.41) is 3.35. The van der Waals surface area contributed by atoms with E-state index in [0.717, 1.165) is 23.8 Å². The van der Waals surface area contributed by atoms with Gasteiger partial charge in [0.2, 0.25) is 0 Å². The number of anilines is 2. The molecule has 3 N–H and O–H groups in total. The first-order valence-corrected chi connectivity index (χ1v) is 5.21. The summed E-state index contributed by atoms with van der Waals surface area (Å²) in [5.74, 6) is 0.725. The molecule has 78 valence electrons. The summed E-state index contributed by atoms with van der Waals surface area (Å²) in [4.78, 5) is 3.95. The van der Waals surface area contributed by atoms with Crippen LogP contribution in [-0.4, -0.2) is 11.5 Å². The van der Waals surface area contributed by atoms with Gasteiger partial charge in [-0.15, -0.1) is 0 Å². The van der Waals surface area contributed by atoms with E-state index in [4.69, 9.17) is 5.73 Å². The Morgan fingerprint density at radius 2 is 2.14 bits per heavy atom. The van der Waals surface area contributed by atoms with Crippen molar-refractivity contribution in [3.05, 3.63) is 18.5 Å². The zero-order chi connectivity index (χ0) is 10.4. The zero-order valence-electron chi connectivity index (χ0n) is 8.96. The topological polar surface area (TPSA) is 50.9 Å². The Morgan fingerprint density at radius 3 is 2.71 bits per heavy atom. The van der Waals surface area contributed by atoms with Crippen molar-refractivity contribution < 1.29 is 0 Å².